The number of rotatable bonds is 6. The minimum atomic E-state index is -0.394. The molecule has 0 aliphatic heterocycles. The third kappa shape index (κ3) is 11.8. The third-order valence-electron chi connectivity index (χ3n) is 2.59. The molecule has 0 aliphatic carbocycles. The number of aliphatic hydroxyl groups is 1. The van der Waals surface area contributed by atoms with E-state index in [1.165, 1.54) is 6.07 Å². The Morgan fingerprint density at radius 3 is 2.12 bits per heavy atom. The highest BCUT2D eigenvalue weighted by Crippen LogP contribution is 2.12. The fourth-order valence-corrected chi connectivity index (χ4v) is 1.60. The van der Waals surface area contributed by atoms with E-state index < -0.39 is 5.82 Å². The normalized spacial score (nSPS) is 9.83. The van der Waals surface area contributed by atoms with Crippen LogP contribution in [0.3, 0.4) is 0 Å². The fraction of sp³-hybridized carbons (Fsp3) is 0.611. The number of hydrogen-bond donors (Lipinski definition) is 3. The van der Waals surface area contributed by atoms with Crippen LogP contribution >= 0.6 is 0 Å². The number of amidine groups is 1. The van der Waals surface area contributed by atoms with Crippen LogP contribution in [-0.4, -0.2) is 41.2 Å². The maximum atomic E-state index is 13.8. The van der Waals surface area contributed by atoms with Crippen molar-refractivity contribution in [1.29, 1.82) is 0 Å². The van der Waals surface area contributed by atoms with Crippen LogP contribution in [0.25, 0.3) is 0 Å². The van der Waals surface area contributed by atoms with Crippen LogP contribution in [0.5, 0.6) is 0 Å². The summed E-state index contributed by atoms with van der Waals surface area (Å²) >= 11 is 0. The van der Waals surface area contributed by atoms with Gasteiger partial charge in [0.1, 0.15) is 5.82 Å². The molecule has 0 spiro atoms. The summed E-state index contributed by atoms with van der Waals surface area (Å²) in [7, 11) is 1.85. The molecule has 24 heavy (non-hydrogen) atoms. The molecule has 0 bridgehead atoms. The minimum Gasteiger partial charge on any atom is -0.409 e. The highest BCUT2D eigenvalue weighted by Gasteiger charge is 2.08. The molecular formula is C18H36FN3O2. The van der Waals surface area contributed by atoms with Crippen molar-refractivity contribution in [1.82, 2.24) is 4.90 Å². The smallest absolute Gasteiger partial charge is 0.170 e. The third-order valence-corrected chi connectivity index (χ3v) is 2.59. The maximum Gasteiger partial charge on any atom is 0.170 e. The summed E-state index contributed by atoms with van der Waals surface area (Å²) in [4.78, 5) is 1.91. The Morgan fingerprint density at radius 1 is 1.17 bits per heavy atom. The molecule has 1 rings (SSSR count). The lowest BCUT2D eigenvalue weighted by atomic mass is 10.1. The van der Waals surface area contributed by atoms with Gasteiger partial charge < -0.3 is 20.9 Å². The summed E-state index contributed by atoms with van der Waals surface area (Å²) in [5, 5.41) is 20.0. The number of hydrogen-bond acceptors (Lipinski definition) is 4. The molecule has 1 aromatic rings. The first-order valence-electron chi connectivity index (χ1n) is 8.64. The van der Waals surface area contributed by atoms with Gasteiger partial charge >= 0.3 is 0 Å². The summed E-state index contributed by atoms with van der Waals surface area (Å²) in [6.07, 6.45) is 0.653. The molecule has 0 saturated heterocycles. The lowest BCUT2D eigenvalue weighted by Gasteiger charge is -2.16. The van der Waals surface area contributed by atoms with E-state index in [-0.39, 0.29) is 12.4 Å². The second-order valence-electron chi connectivity index (χ2n) is 4.11. The molecule has 0 saturated carbocycles. The van der Waals surface area contributed by atoms with Crippen molar-refractivity contribution in [2.75, 3.05) is 20.2 Å². The zero-order chi connectivity index (χ0) is 19.5. The van der Waals surface area contributed by atoms with E-state index >= 15 is 0 Å². The van der Waals surface area contributed by atoms with Gasteiger partial charge in [-0.3, -0.25) is 0 Å². The molecule has 6 heteroatoms. The summed E-state index contributed by atoms with van der Waals surface area (Å²) in [6.45, 7) is 13.3. The Hall–Kier alpha value is -1.66. The van der Waals surface area contributed by atoms with Gasteiger partial charge in [-0.1, -0.05) is 58.8 Å². The predicted molar refractivity (Wildman–Crippen MR) is 101 cm³/mol. The molecule has 0 fully saturated rings. The SMILES string of the molecule is CC.CC.CC.CN(CCCO)Cc1ccc(/C(N)=N/O)cc1F. The summed E-state index contributed by atoms with van der Waals surface area (Å²) in [6, 6.07) is 4.45. The first-order valence-corrected chi connectivity index (χ1v) is 8.64. The van der Waals surface area contributed by atoms with Gasteiger partial charge in [0.2, 0.25) is 0 Å². The van der Waals surface area contributed by atoms with Gasteiger partial charge in [-0.25, -0.2) is 4.39 Å². The van der Waals surface area contributed by atoms with Crippen LogP contribution in [0.2, 0.25) is 0 Å². The highest BCUT2D eigenvalue weighted by atomic mass is 19.1. The van der Waals surface area contributed by atoms with E-state index in [0.29, 0.717) is 30.6 Å². The number of nitrogens with two attached hydrogens (primary N) is 1. The first-order chi connectivity index (χ1) is 11.6. The van der Waals surface area contributed by atoms with Crippen LogP contribution in [0.15, 0.2) is 23.4 Å². The molecule has 0 heterocycles. The summed E-state index contributed by atoms with van der Waals surface area (Å²) in [5.41, 5.74) is 6.25. The van der Waals surface area contributed by atoms with Gasteiger partial charge in [-0.15, -0.1) is 0 Å². The molecule has 142 valence electrons. The Bertz CT molecular complexity index is 427. The van der Waals surface area contributed by atoms with E-state index in [0.717, 1.165) is 0 Å². The predicted octanol–water partition coefficient (Wildman–Crippen LogP) is 3.81. The van der Waals surface area contributed by atoms with Gasteiger partial charge in [-0.2, -0.15) is 0 Å². The molecule has 0 aromatic heterocycles. The fourth-order valence-electron chi connectivity index (χ4n) is 1.60. The zero-order valence-corrected chi connectivity index (χ0v) is 16.3. The van der Waals surface area contributed by atoms with Crippen LogP contribution in [0.1, 0.15) is 59.1 Å². The van der Waals surface area contributed by atoms with E-state index in [9.17, 15) is 4.39 Å². The number of oxime groups is 1. The van der Waals surface area contributed by atoms with Crippen LogP contribution in [0.4, 0.5) is 4.39 Å². The van der Waals surface area contributed by atoms with Crippen LogP contribution in [0, 0.1) is 5.82 Å². The molecule has 0 aliphatic rings. The Labute approximate surface area is 147 Å². The lowest BCUT2D eigenvalue weighted by molar-refractivity contribution is 0.243. The molecular weight excluding hydrogens is 309 g/mol. The second kappa shape index (κ2) is 19.4. The van der Waals surface area contributed by atoms with Crippen molar-refractivity contribution in [3.63, 3.8) is 0 Å². The van der Waals surface area contributed by atoms with Crippen molar-refractivity contribution in [3.05, 3.63) is 35.1 Å². The van der Waals surface area contributed by atoms with Gasteiger partial charge in [0.25, 0.3) is 0 Å². The van der Waals surface area contributed by atoms with Crippen LogP contribution < -0.4 is 5.73 Å². The van der Waals surface area contributed by atoms with Gasteiger partial charge in [0, 0.05) is 30.8 Å². The summed E-state index contributed by atoms with van der Waals surface area (Å²) < 4.78 is 13.8. The average Bonchev–Trinajstić information content (AvgIpc) is 2.66. The largest absolute Gasteiger partial charge is 0.409 e. The van der Waals surface area contributed by atoms with Crippen molar-refractivity contribution in [2.45, 2.75) is 54.5 Å². The van der Waals surface area contributed by atoms with Gasteiger partial charge in [0.15, 0.2) is 5.84 Å². The standard InChI is InChI=1S/C12H18FN3O2.3C2H6/c1-16(5-2-6-17)8-10-4-3-9(7-11(10)13)12(14)15-18;3*1-2/h3-4,7,17-18H,2,5-6,8H2,1H3,(H2,14,15);3*1-2H3. The molecule has 0 amide bonds. The number of nitrogens with zero attached hydrogens (tertiary/aromatic N) is 2. The highest BCUT2D eigenvalue weighted by molar-refractivity contribution is 5.97. The van der Waals surface area contributed by atoms with E-state index in [1.54, 1.807) is 12.1 Å². The topological polar surface area (TPSA) is 82.1 Å². The molecule has 0 atom stereocenters. The zero-order valence-electron chi connectivity index (χ0n) is 16.3. The minimum absolute atomic E-state index is 0.117. The number of halogens is 1. The first kappa shape index (κ1) is 27.2. The van der Waals surface area contributed by atoms with Gasteiger partial charge in [0.05, 0.1) is 0 Å². The molecule has 0 unspecified atom stereocenters. The molecule has 4 N–H and O–H groups in total. The number of benzene rings is 1. The van der Waals surface area contributed by atoms with E-state index in [4.69, 9.17) is 16.0 Å². The molecule has 5 nitrogen and oxygen atoms in total. The Morgan fingerprint density at radius 2 is 1.71 bits per heavy atom. The van der Waals surface area contributed by atoms with Crippen molar-refractivity contribution in [2.24, 2.45) is 10.9 Å². The quantitative estimate of drug-likeness (QED) is 0.317. The van der Waals surface area contributed by atoms with Crippen molar-refractivity contribution >= 4 is 5.84 Å². The second-order valence-corrected chi connectivity index (χ2v) is 4.11. The van der Waals surface area contributed by atoms with Crippen molar-refractivity contribution < 1.29 is 14.7 Å². The van der Waals surface area contributed by atoms with E-state index in [2.05, 4.69) is 5.16 Å². The Kier molecular flexibility index (Phi) is 22.0. The average molecular weight is 346 g/mol. The lowest BCUT2D eigenvalue weighted by Crippen LogP contribution is -2.21. The Balaban J connectivity index is -0.000000659. The van der Waals surface area contributed by atoms with Crippen LogP contribution in [-0.2, 0) is 6.54 Å². The van der Waals surface area contributed by atoms with Gasteiger partial charge in [-0.05, 0) is 19.5 Å². The summed E-state index contributed by atoms with van der Waals surface area (Å²) in [5.74, 6) is -0.510. The van der Waals surface area contributed by atoms with E-state index in [1.807, 2.05) is 53.5 Å². The molecule has 1 aromatic carbocycles. The maximum absolute atomic E-state index is 13.8. The monoisotopic (exact) mass is 345 g/mol. The molecule has 0 radical (unpaired) electrons. The van der Waals surface area contributed by atoms with Crippen molar-refractivity contribution in [3.8, 4) is 0 Å². The number of aliphatic hydroxyl groups excluding tert-OH is 1.